The highest BCUT2D eigenvalue weighted by Crippen LogP contribution is 2.35. The van der Waals surface area contributed by atoms with Gasteiger partial charge in [-0.1, -0.05) is 105 Å². The van der Waals surface area contributed by atoms with E-state index in [-0.39, 0.29) is 0 Å². The zero-order valence-corrected chi connectivity index (χ0v) is 18.2. The van der Waals surface area contributed by atoms with Crippen molar-refractivity contribution in [3.8, 4) is 5.75 Å². The molecule has 0 unspecified atom stereocenters. The minimum absolute atomic E-state index is 0.652. The minimum atomic E-state index is 0.652. The molecular formula is C26H30ClNO. The monoisotopic (exact) mass is 407 g/mol. The first kappa shape index (κ1) is 22.7. The molecule has 0 aromatic heterocycles. The third kappa shape index (κ3) is 6.77. The lowest BCUT2D eigenvalue weighted by Crippen LogP contribution is -2.20. The molecule has 0 amide bonds. The van der Waals surface area contributed by atoms with Gasteiger partial charge in [-0.25, -0.2) is 0 Å². The molecule has 1 N–H and O–H groups in total. The van der Waals surface area contributed by atoms with E-state index >= 15 is 0 Å². The molecule has 3 heteroatoms. The van der Waals surface area contributed by atoms with Crippen LogP contribution in [0.1, 0.15) is 37.5 Å². The molecule has 0 atom stereocenters. The lowest BCUT2D eigenvalue weighted by atomic mass is 9.95. The predicted molar refractivity (Wildman–Crippen MR) is 126 cm³/mol. The third-order valence-electron chi connectivity index (χ3n) is 4.25. The van der Waals surface area contributed by atoms with Gasteiger partial charge >= 0.3 is 0 Å². The van der Waals surface area contributed by atoms with Crippen LogP contribution in [0.2, 0.25) is 0 Å². The first-order valence-corrected chi connectivity index (χ1v) is 10.6. The Morgan fingerprint density at radius 2 is 1.28 bits per heavy atom. The first-order chi connectivity index (χ1) is 14.3. The molecule has 0 spiro atoms. The van der Waals surface area contributed by atoms with E-state index in [2.05, 4.69) is 36.5 Å². The molecule has 0 saturated heterocycles. The van der Waals surface area contributed by atoms with Crippen LogP contribution in [0, 0.1) is 0 Å². The Balaban J connectivity index is 0.00000145. The first-order valence-electron chi connectivity index (χ1n) is 10.2. The average Bonchev–Trinajstić information content (AvgIpc) is 2.80. The SMILES string of the molecule is CC.CCNCCOc1ccc(/C(=C(/Cl)c2ccccc2)c2ccccc2)cc1. The van der Waals surface area contributed by atoms with Gasteiger partial charge in [0.15, 0.2) is 0 Å². The molecule has 152 valence electrons. The molecule has 29 heavy (non-hydrogen) atoms. The molecule has 0 heterocycles. The lowest BCUT2D eigenvalue weighted by molar-refractivity contribution is 0.315. The van der Waals surface area contributed by atoms with Gasteiger partial charge in [0.25, 0.3) is 0 Å². The predicted octanol–water partition coefficient (Wildman–Crippen LogP) is 6.86. The molecule has 3 aromatic rings. The van der Waals surface area contributed by atoms with Gasteiger partial charge in [-0.15, -0.1) is 0 Å². The summed E-state index contributed by atoms with van der Waals surface area (Å²) in [6, 6.07) is 28.4. The van der Waals surface area contributed by atoms with Crippen molar-refractivity contribution in [2.24, 2.45) is 0 Å². The fourth-order valence-corrected chi connectivity index (χ4v) is 3.23. The smallest absolute Gasteiger partial charge is 0.119 e. The van der Waals surface area contributed by atoms with Crippen LogP contribution in [0.5, 0.6) is 5.75 Å². The summed E-state index contributed by atoms with van der Waals surface area (Å²) in [4.78, 5) is 0. The minimum Gasteiger partial charge on any atom is -0.492 e. The summed E-state index contributed by atoms with van der Waals surface area (Å²) in [5, 5.41) is 3.99. The molecule has 0 aliphatic heterocycles. The zero-order chi connectivity index (χ0) is 20.9. The number of ether oxygens (including phenoxy) is 1. The van der Waals surface area contributed by atoms with Crippen LogP contribution in [0.15, 0.2) is 84.9 Å². The quantitative estimate of drug-likeness (QED) is 0.325. The highest BCUT2D eigenvalue weighted by molar-refractivity contribution is 6.53. The van der Waals surface area contributed by atoms with Gasteiger partial charge in [-0.2, -0.15) is 0 Å². The molecule has 0 saturated carbocycles. The lowest BCUT2D eigenvalue weighted by Gasteiger charge is -2.13. The third-order valence-corrected chi connectivity index (χ3v) is 4.66. The second-order valence-corrected chi connectivity index (χ2v) is 6.53. The van der Waals surface area contributed by atoms with Crippen molar-refractivity contribution in [1.82, 2.24) is 5.32 Å². The fourth-order valence-electron chi connectivity index (χ4n) is 2.89. The molecule has 3 rings (SSSR count). The molecule has 2 nitrogen and oxygen atoms in total. The summed E-state index contributed by atoms with van der Waals surface area (Å²) in [6.07, 6.45) is 0. The van der Waals surface area contributed by atoms with Crippen LogP contribution in [-0.4, -0.2) is 19.7 Å². The number of nitrogens with one attached hydrogen (secondary N) is 1. The molecule has 0 bridgehead atoms. The fraction of sp³-hybridized carbons (Fsp3) is 0.231. The van der Waals surface area contributed by atoms with Gasteiger partial charge < -0.3 is 10.1 Å². The molecule has 3 aromatic carbocycles. The topological polar surface area (TPSA) is 21.3 Å². The molecule has 0 aliphatic carbocycles. The van der Waals surface area contributed by atoms with E-state index in [1.54, 1.807) is 0 Å². The van der Waals surface area contributed by atoms with Gasteiger partial charge in [0.05, 0.1) is 5.03 Å². The van der Waals surface area contributed by atoms with Crippen molar-refractivity contribution < 1.29 is 4.74 Å². The van der Waals surface area contributed by atoms with E-state index in [1.807, 2.05) is 74.5 Å². The standard InChI is InChI=1S/C24H24ClNO.C2H6/c1-2-26-17-18-27-22-15-13-20(14-16-22)23(19-9-5-3-6-10-19)24(25)21-11-7-4-8-12-21;1-2/h3-16,26H,2,17-18H2,1H3;1-2H3/b24-23+;. The van der Waals surface area contributed by atoms with Crippen molar-refractivity contribution in [3.63, 3.8) is 0 Å². The average molecular weight is 408 g/mol. The van der Waals surface area contributed by atoms with E-state index in [1.165, 1.54) is 0 Å². The van der Waals surface area contributed by atoms with Crippen LogP contribution in [0.4, 0.5) is 0 Å². The number of hydrogen-bond acceptors (Lipinski definition) is 2. The van der Waals surface area contributed by atoms with E-state index in [0.717, 1.165) is 46.1 Å². The van der Waals surface area contributed by atoms with Crippen LogP contribution < -0.4 is 10.1 Å². The van der Waals surface area contributed by atoms with Gasteiger partial charge in [0, 0.05) is 12.1 Å². The Morgan fingerprint density at radius 1 is 0.759 bits per heavy atom. The van der Waals surface area contributed by atoms with Crippen molar-refractivity contribution >= 4 is 22.2 Å². The Bertz CT molecular complexity index is 858. The van der Waals surface area contributed by atoms with Crippen molar-refractivity contribution in [1.29, 1.82) is 0 Å². The van der Waals surface area contributed by atoms with Crippen molar-refractivity contribution in [3.05, 3.63) is 102 Å². The highest BCUT2D eigenvalue weighted by atomic mass is 35.5. The number of halogens is 1. The number of likely N-dealkylation sites (N-methyl/N-ethyl adjacent to an activating group) is 1. The van der Waals surface area contributed by atoms with Gasteiger partial charge in [-0.3, -0.25) is 0 Å². The van der Waals surface area contributed by atoms with Crippen molar-refractivity contribution in [2.45, 2.75) is 20.8 Å². The maximum absolute atomic E-state index is 6.84. The Labute approximate surface area is 180 Å². The van der Waals surface area contributed by atoms with Crippen LogP contribution in [0.3, 0.4) is 0 Å². The summed E-state index contributed by atoms with van der Waals surface area (Å²) in [5.74, 6) is 0.861. The number of hydrogen-bond donors (Lipinski definition) is 1. The van der Waals surface area contributed by atoms with Crippen molar-refractivity contribution in [2.75, 3.05) is 19.7 Å². The molecule has 0 aliphatic rings. The second-order valence-electron chi connectivity index (χ2n) is 6.15. The van der Waals surface area contributed by atoms with Gasteiger partial charge in [0.2, 0.25) is 0 Å². The van der Waals surface area contributed by atoms with E-state index in [0.29, 0.717) is 6.61 Å². The largest absolute Gasteiger partial charge is 0.492 e. The Morgan fingerprint density at radius 3 is 1.83 bits per heavy atom. The maximum Gasteiger partial charge on any atom is 0.119 e. The normalized spacial score (nSPS) is 11.2. The molecule has 0 radical (unpaired) electrons. The Kier molecular flexibility index (Phi) is 10.1. The summed E-state index contributed by atoms with van der Waals surface area (Å²) in [7, 11) is 0. The zero-order valence-electron chi connectivity index (χ0n) is 17.5. The van der Waals surface area contributed by atoms with Gasteiger partial charge in [-0.05, 0) is 35.4 Å². The molecular weight excluding hydrogens is 378 g/mol. The van der Waals surface area contributed by atoms with Crippen LogP contribution >= 0.6 is 11.6 Å². The summed E-state index contributed by atoms with van der Waals surface area (Å²) < 4.78 is 5.78. The van der Waals surface area contributed by atoms with Crippen LogP contribution in [-0.2, 0) is 0 Å². The van der Waals surface area contributed by atoms with E-state index in [4.69, 9.17) is 16.3 Å². The summed E-state index contributed by atoms with van der Waals surface area (Å²) in [5.41, 5.74) is 4.17. The maximum atomic E-state index is 6.84. The van der Waals surface area contributed by atoms with E-state index < -0.39 is 0 Å². The van der Waals surface area contributed by atoms with Crippen LogP contribution in [0.25, 0.3) is 10.6 Å². The molecule has 0 fully saturated rings. The highest BCUT2D eigenvalue weighted by Gasteiger charge is 2.12. The van der Waals surface area contributed by atoms with Gasteiger partial charge in [0.1, 0.15) is 12.4 Å². The number of benzene rings is 3. The summed E-state index contributed by atoms with van der Waals surface area (Å²) in [6.45, 7) is 8.53. The second kappa shape index (κ2) is 12.8. The number of rotatable bonds is 8. The van der Waals surface area contributed by atoms with E-state index in [9.17, 15) is 0 Å². The summed E-state index contributed by atoms with van der Waals surface area (Å²) >= 11 is 6.84. The Hall–Kier alpha value is -2.55.